The summed E-state index contributed by atoms with van der Waals surface area (Å²) in [4.78, 5) is 17.4. The number of hydrogen-bond acceptors (Lipinski definition) is 5. The van der Waals surface area contributed by atoms with Crippen LogP contribution in [0.4, 0.5) is 13.9 Å². The highest BCUT2D eigenvalue weighted by Crippen LogP contribution is 2.32. The Bertz CT molecular complexity index is 713. The lowest BCUT2D eigenvalue weighted by Gasteiger charge is -2.07. The second-order valence-corrected chi connectivity index (χ2v) is 6.52. The fourth-order valence-corrected chi connectivity index (χ4v) is 3.32. The zero-order valence-corrected chi connectivity index (χ0v) is 13.7. The minimum Gasteiger partial charge on any atom is -0.435 e. The first-order chi connectivity index (χ1) is 11.5. The number of benzene rings is 1. The minimum atomic E-state index is -2.85. The average Bonchev–Trinajstić information content (AvgIpc) is 3.17. The van der Waals surface area contributed by atoms with Gasteiger partial charge in [-0.15, -0.1) is 11.3 Å². The van der Waals surface area contributed by atoms with Crippen molar-refractivity contribution in [2.45, 2.75) is 32.5 Å². The molecule has 8 heteroatoms. The zero-order valence-electron chi connectivity index (χ0n) is 12.9. The van der Waals surface area contributed by atoms with Crippen LogP contribution in [0.1, 0.15) is 17.7 Å². The van der Waals surface area contributed by atoms with Gasteiger partial charge in [0, 0.05) is 17.0 Å². The van der Waals surface area contributed by atoms with E-state index in [9.17, 15) is 13.6 Å². The first-order valence-corrected chi connectivity index (χ1v) is 8.30. The number of nitrogens with zero attached hydrogens (tertiary/aromatic N) is 1. The van der Waals surface area contributed by atoms with Gasteiger partial charge in [-0.3, -0.25) is 10.1 Å². The van der Waals surface area contributed by atoms with Gasteiger partial charge in [0.2, 0.25) is 0 Å². The molecule has 1 saturated heterocycles. The lowest BCUT2D eigenvalue weighted by atomic mass is 10.1. The summed E-state index contributed by atoms with van der Waals surface area (Å²) in [6, 6.07) is 6.24. The zero-order chi connectivity index (χ0) is 17.1. The number of aromatic nitrogens is 1. The normalized spacial score (nSPS) is 17.2. The molecule has 1 aromatic carbocycles. The number of nitrogens with one attached hydrogen (secondary N) is 1. The van der Waals surface area contributed by atoms with Crippen LogP contribution >= 0.6 is 11.3 Å². The Morgan fingerprint density at radius 2 is 2.17 bits per heavy atom. The Balaban J connectivity index is 1.72. The Morgan fingerprint density at radius 1 is 1.42 bits per heavy atom. The molecule has 1 aromatic heterocycles. The third-order valence-electron chi connectivity index (χ3n) is 3.60. The van der Waals surface area contributed by atoms with Crippen LogP contribution in [0, 0.1) is 6.92 Å². The molecular weight excluding hydrogens is 338 g/mol. The van der Waals surface area contributed by atoms with Crippen LogP contribution in [-0.2, 0) is 9.53 Å². The van der Waals surface area contributed by atoms with Gasteiger partial charge in [0.05, 0.1) is 5.69 Å². The Kier molecular flexibility index (Phi) is 5.06. The van der Waals surface area contributed by atoms with Crippen molar-refractivity contribution in [2.24, 2.45) is 0 Å². The third kappa shape index (κ3) is 3.88. The maximum atomic E-state index is 12.2. The lowest BCUT2D eigenvalue weighted by molar-refractivity contribution is -0.124. The SMILES string of the molecule is Cc1sc(NC(=O)[C@H]2CCCO2)nc1-c1ccc(OC(F)F)cc1. The number of halogens is 2. The van der Waals surface area contributed by atoms with E-state index < -0.39 is 12.7 Å². The first-order valence-electron chi connectivity index (χ1n) is 7.48. The molecule has 0 spiro atoms. The highest BCUT2D eigenvalue weighted by atomic mass is 32.1. The number of thiazole rings is 1. The molecule has 24 heavy (non-hydrogen) atoms. The van der Waals surface area contributed by atoms with Crippen LogP contribution < -0.4 is 10.1 Å². The van der Waals surface area contributed by atoms with Crippen LogP contribution in [0.25, 0.3) is 11.3 Å². The van der Waals surface area contributed by atoms with E-state index in [-0.39, 0.29) is 11.7 Å². The first kappa shape index (κ1) is 16.8. The lowest BCUT2D eigenvalue weighted by Crippen LogP contribution is -2.26. The smallest absolute Gasteiger partial charge is 0.387 e. The molecule has 0 radical (unpaired) electrons. The van der Waals surface area contributed by atoms with Crippen molar-refractivity contribution in [2.75, 3.05) is 11.9 Å². The second-order valence-electron chi connectivity index (χ2n) is 5.32. The summed E-state index contributed by atoms with van der Waals surface area (Å²) >= 11 is 1.36. The molecule has 5 nitrogen and oxygen atoms in total. The van der Waals surface area contributed by atoms with Gasteiger partial charge in [-0.2, -0.15) is 8.78 Å². The number of hydrogen-bond donors (Lipinski definition) is 1. The predicted octanol–water partition coefficient (Wildman–Crippen LogP) is 3.84. The number of amides is 1. The van der Waals surface area contributed by atoms with Crippen LogP contribution in [0.15, 0.2) is 24.3 Å². The predicted molar refractivity (Wildman–Crippen MR) is 86.5 cm³/mol. The summed E-state index contributed by atoms with van der Waals surface area (Å²) in [5, 5.41) is 3.27. The Hall–Kier alpha value is -2.06. The fraction of sp³-hybridized carbons (Fsp3) is 0.375. The van der Waals surface area contributed by atoms with Crippen molar-refractivity contribution >= 4 is 22.4 Å². The molecule has 1 aliphatic rings. The number of rotatable bonds is 5. The minimum absolute atomic E-state index is 0.0912. The van der Waals surface area contributed by atoms with E-state index in [1.807, 2.05) is 6.92 Å². The van der Waals surface area contributed by atoms with Gasteiger partial charge in [0.15, 0.2) is 5.13 Å². The summed E-state index contributed by atoms with van der Waals surface area (Å²) in [6.45, 7) is -0.359. The summed E-state index contributed by atoms with van der Waals surface area (Å²) < 4.78 is 34.0. The molecule has 128 valence electrons. The quantitative estimate of drug-likeness (QED) is 0.886. The molecule has 3 rings (SSSR count). The maximum absolute atomic E-state index is 12.2. The van der Waals surface area contributed by atoms with Crippen molar-refractivity contribution in [3.63, 3.8) is 0 Å². The molecule has 1 aliphatic heterocycles. The number of anilines is 1. The standard InChI is InChI=1S/C16H16F2N2O3S/c1-9-13(10-4-6-11(7-5-10)23-15(17)18)19-16(24-9)20-14(21)12-3-2-8-22-12/h4-7,12,15H,2-3,8H2,1H3,(H,19,20,21)/t12-/m1/s1. The van der Waals surface area contributed by atoms with Crippen molar-refractivity contribution in [3.8, 4) is 17.0 Å². The molecule has 1 atom stereocenters. The van der Waals surface area contributed by atoms with Gasteiger partial charge in [-0.05, 0) is 44.0 Å². The molecule has 2 heterocycles. The Labute approximate surface area is 141 Å². The molecule has 0 unspecified atom stereocenters. The van der Waals surface area contributed by atoms with E-state index in [0.29, 0.717) is 23.9 Å². The van der Waals surface area contributed by atoms with E-state index in [1.54, 1.807) is 12.1 Å². The molecular formula is C16H16F2N2O3S. The van der Waals surface area contributed by atoms with Crippen LogP contribution in [-0.4, -0.2) is 30.2 Å². The molecule has 1 amide bonds. The number of carbonyl (C=O) groups excluding carboxylic acids is 1. The molecule has 0 saturated carbocycles. The van der Waals surface area contributed by atoms with Crippen LogP contribution in [0.2, 0.25) is 0 Å². The average molecular weight is 354 g/mol. The van der Waals surface area contributed by atoms with E-state index in [1.165, 1.54) is 23.5 Å². The van der Waals surface area contributed by atoms with Gasteiger partial charge in [0.25, 0.3) is 5.91 Å². The molecule has 1 N–H and O–H groups in total. The monoisotopic (exact) mass is 354 g/mol. The summed E-state index contributed by atoms with van der Waals surface area (Å²) in [5.41, 5.74) is 1.47. The van der Waals surface area contributed by atoms with Gasteiger partial charge in [0.1, 0.15) is 11.9 Å². The number of alkyl halides is 2. The third-order valence-corrected chi connectivity index (χ3v) is 4.49. The number of aryl methyl sites for hydroxylation is 1. The van der Waals surface area contributed by atoms with Crippen molar-refractivity contribution in [3.05, 3.63) is 29.1 Å². The molecule has 1 fully saturated rings. The number of carbonyl (C=O) groups is 1. The summed E-state index contributed by atoms with van der Waals surface area (Å²) in [6.07, 6.45) is 1.19. The maximum Gasteiger partial charge on any atom is 0.387 e. The van der Waals surface area contributed by atoms with E-state index in [0.717, 1.165) is 16.9 Å². The van der Waals surface area contributed by atoms with Crippen LogP contribution in [0.5, 0.6) is 5.75 Å². The van der Waals surface area contributed by atoms with Crippen molar-refractivity contribution in [1.82, 2.24) is 4.98 Å². The topological polar surface area (TPSA) is 60.5 Å². The summed E-state index contributed by atoms with van der Waals surface area (Å²) in [7, 11) is 0. The fourth-order valence-electron chi connectivity index (χ4n) is 2.48. The van der Waals surface area contributed by atoms with E-state index >= 15 is 0 Å². The van der Waals surface area contributed by atoms with Gasteiger partial charge < -0.3 is 9.47 Å². The van der Waals surface area contributed by atoms with Gasteiger partial charge in [-0.1, -0.05) is 0 Å². The van der Waals surface area contributed by atoms with Gasteiger partial charge in [-0.25, -0.2) is 4.98 Å². The van der Waals surface area contributed by atoms with Crippen molar-refractivity contribution in [1.29, 1.82) is 0 Å². The molecule has 0 bridgehead atoms. The second kappa shape index (κ2) is 7.23. The highest BCUT2D eigenvalue weighted by molar-refractivity contribution is 7.16. The largest absolute Gasteiger partial charge is 0.435 e. The van der Waals surface area contributed by atoms with E-state index in [2.05, 4.69) is 15.0 Å². The molecule has 2 aromatic rings. The summed E-state index contributed by atoms with van der Waals surface area (Å²) in [5.74, 6) is -0.0953. The highest BCUT2D eigenvalue weighted by Gasteiger charge is 2.24. The van der Waals surface area contributed by atoms with E-state index in [4.69, 9.17) is 4.74 Å². The molecule has 0 aliphatic carbocycles. The Morgan fingerprint density at radius 3 is 2.79 bits per heavy atom. The van der Waals surface area contributed by atoms with Crippen LogP contribution in [0.3, 0.4) is 0 Å². The van der Waals surface area contributed by atoms with Crippen molar-refractivity contribution < 1.29 is 23.0 Å². The van der Waals surface area contributed by atoms with Gasteiger partial charge >= 0.3 is 6.61 Å². The number of ether oxygens (including phenoxy) is 2.